The maximum Gasteiger partial charge on any atom is 0.242 e. The highest BCUT2D eigenvalue weighted by atomic mass is 35.5. The Morgan fingerprint density at radius 2 is 1.28 bits per heavy atom. The summed E-state index contributed by atoms with van der Waals surface area (Å²) >= 11 is 6.34. The number of anilines is 1. The minimum atomic E-state index is -0.997. The van der Waals surface area contributed by atoms with E-state index in [9.17, 15) is 19.2 Å². The Balaban J connectivity index is 1.30. The summed E-state index contributed by atoms with van der Waals surface area (Å²) in [4.78, 5) is 59.9. The smallest absolute Gasteiger partial charge is 0.242 e. The number of unbranched alkanes of at least 4 members (excludes halogenated alkanes) is 2. The molecule has 2 unspecified atom stereocenters. The number of amides is 4. The molecule has 196 valence electrons. The molecular formula is C27H37ClN4O4. The number of likely N-dealkylation sites (tertiary alicyclic amines) is 2. The molecule has 3 aliphatic rings. The Bertz CT molecular complexity index is 983. The molecule has 0 spiro atoms. The molecule has 9 heteroatoms. The van der Waals surface area contributed by atoms with Gasteiger partial charge in [0.2, 0.25) is 23.6 Å². The van der Waals surface area contributed by atoms with Crippen molar-refractivity contribution < 1.29 is 19.2 Å². The standard InChI is InChI=1S/C27H37ClN4O4/c1-4-5-13-31-23(33)21-25(35)32(26(36)22(24(31)34)27(21,2)3)14-9-8-12-29-15-17-30(18-16-29)20-11-7-6-10-19(20)28/h6-7,10-11,21-22H,4-5,8-9,12-18H2,1-3H3. The average molecular weight is 517 g/mol. The number of fused-ring (bicyclic) bond motifs is 2. The molecule has 2 bridgehead atoms. The first-order chi connectivity index (χ1) is 17.2. The van der Waals surface area contributed by atoms with Crippen molar-refractivity contribution in [3.8, 4) is 0 Å². The molecule has 1 aromatic rings. The monoisotopic (exact) mass is 516 g/mol. The largest absolute Gasteiger partial charge is 0.368 e. The third-order valence-electron chi connectivity index (χ3n) is 7.95. The third kappa shape index (κ3) is 4.90. The van der Waals surface area contributed by atoms with Crippen LogP contribution < -0.4 is 4.90 Å². The molecule has 3 saturated heterocycles. The molecule has 3 fully saturated rings. The molecule has 36 heavy (non-hydrogen) atoms. The second-order valence-electron chi connectivity index (χ2n) is 10.7. The van der Waals surface area contributed by atoms with E-state index in [1.54, 1.807) is 13.8 Å². The van der Waals surface area contributed by atoms with E-state index in [1.807, 2.05) is 31.2 Å². The van der Waals surface area contributed by atoms with Crippen LogP contribution in [-0.4, -0.2) is 84.1 Å². The number of benzene rings is 1. The van der Waals surface area contributed by atoms with Gasteiger partial charge in [0, 0.05) is 44.7 Å². The predicted molar refractivity (Wildman–Crippen MR) is 138 cm³/mol. The average Bonchev–Trinajstić information content (AvgIpc) is 2.83. The van der Waals surface area contributed by atoms with Crippen molar-refractivity contribution in [1.82, 2.24) is 14.7 Å². The zero-order valence-electron chi connectivity index (χ0n) is 21.5. The van der Waals surface area contributed by atoms with Crippen LogP contribution in [0.3, 0.4) is 0 Å². The van der Waals surface area contributed by atoms with Gasteiger partial charge in [-0.3, -0.25) is 33.9 Å². The first-order valence-electron chi connectivity index (χ1n) is 13.1. The fraction of sp³-hybridized carbons (Fsp3) is 0.630. The zero-order chi connectivity index (χ0) is 26.0. The van der Waals surface area contributed by atoms with E-state index in [-0.39, 0.29) is 13.1 Å². The molecule has 0 radical (unpaired) electrons. The number of nitrogens with zero attached hydrogens (tertiary/aromatic N) is 4. The summed E-state index contributed by atoms with van der Waals surface area (Å²) in [6.45, 7) is 10.4. The summed E-state index contributed by atoms with van der Waals surface area (Å²) < 4.78 is 0. The molecule has 0 N–H and O–H groups in total. The van der Waals surface area contributed by atoms with Crippen LogP contribution >= 0.6 is 11.6 Å². The van der Waals surface area contributed by atoms with Gasteiger partial charge in [-0.2, -0.15) is 0 Å². The fourth-order valence-corrected chi connectivity index (χ4v) is 6.03. The summed E-state index contributed by atoms with van der Waals surface area (Å²) in [5.41, 5.74) is 0.0647. The Morgan fingerprint density at radius 1 is 0.778 bits per heavy atom. The van der Waals surface area contributed by atoms with E-state index in [4.69, 9.17) is 11.6 Å². The summed E-state index contributed by atoms with van der Waals surface area (Å²) in [5.74, 6) is -3.76. The molecular weight excluding hydrogens is 480 g/mol. The van der Waals surface area contributed by atoms with Crippen LogP contribution in [0.15, 0.2) is 24.3 Å². The van der Waals surface area contributed by atoms with Crippen LogP contribution in [0, 0.1) is 17.3 Å². The number of halogens is 1. The Labute approximate surface area is 218 Å². The predicted octanol–water partition coefficient (Wildman–Crippen LogP) is 3.04. The molecule has 1 aromatic carbocycles. The molecule has 0 aromatic heterocycles. The van der Waals surface area contributed by atoms with Gasteiger partial charge in [0.05, 0.1) is 10.7 Å². The first kappa shape index (κ1) is 26.6. The molecule has 4 rings (SSSR count). The quantitative estimate of drug-likeness (QED) is 0.285. The highest BCUT2D eigenvalue weighted by molar-refractivity contribution is 6.33. The number of hydrogen-bond donors (Lipinski definition) is 0. The molecule has 3 aliphatic heterocycles. The molecule has 8 nitrogen and oxygen atoms in total. The zero-order valence-corrected chi connectivity index (χ0v) is 22.3. The van der Waals surface area contributed by atoms with E-state index in [0.29, 0.717) is 12.8 Å². The summed E-state index contributed by atoms with van der Waals surface area (Å²) in [5, 5.41) is 0.764. The number of para-hydroxylation sites is 1. The number of piperazine rings is 1. The molecule has 0 saturated carbocycles. The molecule has 2 atom stereocenters. The van der Waals surface area contributed by atoms with Crippen molar-refractivity contribution in [2.45, 2.75) is 46.5 Å². The summed E-state index contributed by atoms with van der Waals surface area (Å²) in [7, 11) is 0. The lowest BCUT2D eigenvalue weighted by Crippen LogP contribution is -2.70. The Hall–Kier alpha value is -2.45. The van der Waals surface area contributed by atoms with Crippen molar-refractivity contribution in [3.63, 3.8) is 0 Å². The second kappa shape index (κ2) is 10.9. The fourth-order valence-electron chi connectivity index (χ4n) is 5.77. The van der Waals surface area contributed by atoms with Gasteiger partial charge < -0.3 is 4.90 Å². The highest BCUT2D eigenvalue weighted by Gasteiger charge is 2.64. The lowest BCUT2D eigenvalue weighted by atomic mass is 9.62. The third-order valence-corrected chi connectivity index (χ3v) is 8.27. The second-order valence-corrected chi connectivity index (χ2v) is 11.1. The van der Waals surface area contributed by atoms with Crippen LogP contribution in [0.2, 0.25) is 5.02 Å². The van der Waals surface area contributed by atoms with E-state index in [0.717, 1.165) is 61.2 Å². The Morgan fingerprint density at radius 3 is 1.81 bits per heavy atom. The van der Waals surface area contributed by atoms with Crippen molar-refractivity contribution in [1.29, 1.82) is 0 Å². The van der Waals surface area contributed by atoms with Crippen LogP contribution in [0.25, 0.3) is 0 Å². The van der Waals surface area contributed by atoms with Crippen molar-refractivity contribution in [2.75, 3.05) is 50.7 Å². The van der Waals surface area contributed by atoms with Gasteiger partial charge in [-0.05, 0) is 37.9 Å². The van der Waals surface area contributed by atoms with Crippen molar-refractivity contribution >= 4 is 40.9 Å². The maximum absolute atomic E-state index is 13.3. The number of imide groups is 2. The van der Waals surface area contributed by atoms with Gasteiger partial charge in [-0.1, -0.05) is 50.9 Å². The van der Waals surface area contributed by atoms with E-state index < -0.39 is 40.9 Å². The number of hydrogen-bond acceptors (Lipinski definition) is 6. The van der Waals surface area contributed by atoms with Gasteiger partial charge in [0.1, 0.15) is 11.8 Å². The van der Waals surface area contributed by atoms with Crippen LogP contribution in [0.4, 0.5) is 5.69 Å². The minimum Gasteiger partial charge on any atom is -0.368 e. The van der Waals surface area contributed by atoms with E-state index in [1.165, 1.54) is 4.90 Å². The Kier molecular flexibility index (Phi) is 8.05. The maximum atomic E-state index is 13.3. The van der Waals surface area contributed by atoms with E-state index >= 15 is 0 Å². The summed E-state index contributed by atoms with van der Waals surface area (Å²) in [6.07, 6.45) is 2.95. The van der Waals surface area contributed by atoms with Crippen molar-refractivity contribution in [3.05, 3.63) is 29.3 Å². The number of carbonyl (C=O) groups excluding carboxylic acids is 4. The summed E-state index contributed by atoms with van der Waals surface area (Å²) in [6, 6.07) is 7.88. The lowest BCUT2D eigenvalue weighted by molar-refractivity contribution is -0.184. The van der Waals surface area contributed by atoms with Crippen LogP contribution in [-0.2, 0) is 19.2 Å². The van der Waals surface area contributed by atoms with Gasteiger partial charge in [-0.25, -0.2) is 0 Å². The van der Waals surface area contributed by atoms with E-state index in [2.05, 4.69) is 9.80 Å². The topological polar surface area (TPSA) is 81.2 Å². The number of carbonyl (C=O) groups is 4. The highest BCUT2D eigenvalue weighted by Crippen LogP contribution is 2.47. The van der Waals surface area contributed by atoms with Gasteiger partial charge in [-0.15, -0.1) is 0 Å². The van der Waals surface area contributed by atoms with Crippen LogP contribution in [0.5, 0.6) is 0 Å². The SMILES string of the molecule is CCCCN1C(=O)C2C(=O)N(CCCCN3CCN(c4ccccc4Cl)CC3)C(=O)C(C1=O)C2(C)C. The number of piperidine rings is 2. The van der Waals surface area contributed by atoms with Gasteiger partial charge in [0.15, 0.2) is 0 Å². The number of rotatable bonds is 9. The molecule has 0 aliphatic carbocycles. The first-order valence-corrected chi connectivity index (χ1v) is 13.5. The van der Waals surface area contributed by atoms with Crippen LogP contribution in [0.1, 0.15) is 46.5 Å². The molecule has 3 heterocycles. The van der Waals surface area contributed by atoms with Gasteiger partial charge >= 0.3 is 0 Å². The minimum absolute atomic E-state index is 0.246. The lowest BCUT2D eigenvalue weighted by Gasteiger charge is -2.51. The van der Waals surface area contributed by atoms with Gasteiger partial charge in [0.25, 0.3) is 0 Å². The van der Waals surface area contributed by atoms with Crippen molar-refractivity contribution in [2.24, 2.45) is 17.3 Å². The normalized spacial score (nSPS) is 24.6. The molecule has 4 amide bonds.